The van der Waals surface area contributed by atoms with E-state index in [-0.39, 0.29) is 28.8 Å². The maximum absolute atomic E-state index is 14.5. The van der Waals surface area contributed by atoms with E-state index in [1.165, 1.54) is 27.7 Å². The van der Waals surface area contributed by atoms with Gasteiger partial charge in [-0.25, -0.2) is 9.18 Å². The topological polar surface area (TPSA) is 118 Å². The number of aliphatic hydroxyl groups excluding tert-OH is 1. The van der Waals surface area contributed by atoms with Crippen molar-refractivity contribution < 1.29 is 23.9 Å². The van der Waals surface area contributed by atoms with Crippen molar-refractivity contribution in [2.24, 2.45) is 11.7 Å². The highest BCUT2D eigenvalue weighted by molar-refractivity contribution is 6.30. The molecule has 2 heterocycles. The molecule has 0 radical (unpaired) electrons. The zero-order chi connectivity index (χ0) is 25.3. The molecule has 1 aliphatic heterocycles. The summed E-state index contributed by atoms with van der Waals surface area (Å²) in [5, 5.41) is 13.1. The quantitative estimate of drug-likeness (QED) is 0.482. The van der Waals surface area contributed by atoms with Crippen LogP contribution < -0.4 is 11.1 Å². The number of amides is 3. The smallest absolute Gasteiger partial charge is 0.323 e. The first-order valence-electron chi connectivity index (χ1n) is 11.2. The van der Waals surface area contributed by atoms with E-state index in [0.29, 0.717) is 24.0 Å². The van der Waals surface area contributed by atoms with Gasteiger partial charge in [0.2, 0.25) is 11.8 Å². The molecule has 4 rings (SSSR count). The van der Waals surface area contributed by atoms with E-state index in [2.05, 4.69) is 5.32 Å². The molecule has 0 aliphatic carbocycles. The number of hydrogen-bond acceptors (Lipinski definition) is 4. The number of primary amides is 1. The van der Waals surface area contributed by atoms with Gasteiger partial charge in [-0.3, -0.25) is 14.2 Å². The summed E-state index contributed by atoms with van der Waals surface area (Å²) in [5.41, 5.74) is 6.76. The predicted molar refractivity (Wildman–Crippen MR) is 129 cm³/mol. The van der Waals surface area contributed by atoms with Gasteiger partial charge < -0.3 is 21.1 Å². The van der Waals surface area contributed by atoms with Gasteiger partial charge in [0.15, 0.2) is 0 Å². The molecule has 0 bridgehead atoms. The van der Waals surface area contributed by atoms with Crippen molar-refractivity contribution in [2.45, 2.75) is 31.8 Å². The van der Waals surface area contributed by atoms with Crippen LogP contribution in [-0.4, -0.2) is 51.6 Å². The van der Waals surface area contributed by atoms with Gasteiger partial charge in [-0.15, -0.1) is 0 Å². The Morgan fingerprint density at radius 1 is 1.23 bits per heavy atom. The lowest BCUT2D eigenvalue weighted by Gasteiger charge is -2.26. The number of halogens is 2. The molecule has 3 amide bonds. The maximum Gasteiger partial charge on any atom is 0.323 e. The average Bonchev–Trinajstić information content (AvgIpc) is 3.40. The summed E-state index contributed by atoms with van der Waals surface area (Å²) in [6.45, 7) is 1.78. The highest BCUT2D eigenvalue weighted by atomic mass is 35.5. The number of para-hydroxylation sites is 1. The van der Waals surface area contributed by atoms with Crippen molar-refractivity contribution in [1.82, 2.24) is 14.8 Å². The van der Waals surface area contributed by atoms with Gasteiger partial charge in [0.05, 0.1) is 29.6 Å². The van der Waals surface area contributed by atoms with Gasteiger partial charge in [0.25, 0.3) is 0 Å². The molecule has 1 fully saturated rings. The van der Waals surface area contributed by atoms with E-state index in [9.17, 15) is 23.9 Å². The van der Waals surface area contributed by atoms with Crippen molar-refractivity contribution in [1.29, 1.82) is 0 Å². The second-order valence-electron chi connectivity index (χ2n) is 8.85. The van der Waals surface area contributed by atoms with Gasteiger partial charge in [-0.1, -0.05) is 48.9 Å². The summed E-state index contributed by atoms with van der Waals surface area (Å²) in [4.78, 5) is 39.8. The fourth-order valence-corrected chi connectivity index (χ4v) is 4.87. The third kappa shape index (κ3) is 4.87. The van der Waals surface area contributed by atoms with Crippen molar-refractivity contribution in [3.8, 4) is 0 Å². The monoisotopic (exact) mass is 500 g/mol. The molecule has 35 heavy (non-hydrogen) atoms. The molecular formula is C25H26ClFN4O4. The van der Waals surface area contributed by atoms with Gasteiger partial charge in [0.1, 0.15) is 11.9 Å². The Bertz CT molecular complexity index is 1290. The highest BCUT2D eigenvalue weighted by Crippen LogP contribution is 2.28. The standard InChI is InChI=1S/C25H26ClFN4O4/c1-14-9-21(24(34)29-19(13-32)17-6-4-7-18(26)23(17)27)30(11-14)22(33)10-15-12-31(25(28)35)20-8-3-2-5-16(15)20/h2-8,12,14,19,21,32H,9-11,13H2,1H3,(H2,28,35)(H,29,34)/t14-,19-,21+/m1/s1. The zero-order valence-electron chi connectivity index (χ0n) is 19.1. The van der Waals surface area contributed by atoms with Crippen LogP contribution in [0.5, 0.6) is 0 Å². The Labute approximate surface area is 206 Å². The summed E-state index contributed by atoms with van der Waals surface area (Å²) in [6.07, 6.45) is 1.95. The van der Waals surface area contributed by atoms with E-state index >= 15 is 0 Å². The lowest BCUT2D eigenvalue weighted by atomic mass is 10.0. The van der Waals surface area contributed by atoms with Gasteiger partial charge in [0, 0.05) is 23.7 Å². The number of benzene rings is 2. The van der Waals surface area contributed by atoms with E-state index in [1.54, 1.807) is 30.5 Å². The molecule has 0 spiro atoms. The summed E-state index contributed by atoms with van der Waals surface area (Å²) in [5.74, 6) is -1.42. The number of nitrogens with one attached hydrogen (secondary N) is 1. The average molecular weight is 501 g/mol. The van der Waals surface area contributed by atoms with Crippen LogP contribution in [0.25, 0.3) is 10.9 Å². The van der Waals surface area contributed by atoms with E-state index in [0.717, 1.165) is 5.39 Å². The van der Waals surface area contributed by atoms with Crippen LogP contribution in [-0.2, 0) is 16.0 Å². The minimum Gasteiger partial charge on any atom is -0.394 e. The number of likely N-dealkylation sites (tertiary alicyclic amines) is 1. The predicted octanol–water partition coefficient (Wildman–Crippen LogP) is 2.99. The summed E-state index contributed by atoms with van der Waals surface area (Å²) >= 11 is 5.85. The summed E-state index contributed by atoms with van der Waals surface area (Å²) in [6, 6.07) is 9.03. The number of carbonyl (C=O) groups is 3. The minimum atomic E-state index is -1.01. The van der Waals surface area contributed by atoms with E-state index in [1.807, 2.05) is 6.92 Å². The summed E-state index contributed by atoms with van der Waals surface area (Å²) < 4.78 is 15.8. The molecule has 0 unspecified atom stereocenters. The Morgan fingerprint density at radius 3 is 2.69 bits per heavy atom. The van der Waals surface area contributed by atoms with Crippen molar-refractivity contribution in [3.63, 3.8) is 0 Å². The van der Waals surface area contributed by atoms with Crippen LogP contribution in [0.4, 0.5) is 9.18 Å². The molecule has 1 saturated heterocycles. The molecule has 1 aliphatic rings. The molecule has 10 heteroatoms. The van der Waals surface area contributed by atoms with Gasteiger partial charge in [-0.05, 0) is 30.0 Å². The zero-order valence-corrected chi connectivity index (χ0v) is 19.8. The largest absolute Gasteiger partial charge is 0.394 e. The highest BCUT2D eigenvalue weighted by Gasteiger charge is 2.38. The van der Waals surface area contributed by atoms with Gasteiger partial charge >= 0.3 is 6.03 Å². The third-order valence-corrected chi connectivity index (χ3v) is 6.65. The van der Waals surface area contributed by atoms with Gasteiger partial charge in [-0.2, -0.15) is 0 Å². The van der Waals surface area contributed by atoms with E-state index < -0.39 is 36.4 Å². The summed E-state index contributed by atoms with van der Waals surface area (Å²) in [7, 11) is 0. The number of nitrogens with zero attached hydrogens (tertiary/aromatic N) is 2. The number of rotatable bonds is 6. The maximum atomic E-state index is 14.5. The molecule has 1 aromatic heterocycles. The van der Waals surface area contributed by atoms with Crippen LogP contribution in [0.3, 0.4) is 0 Å². The fraction of sp³-hybridized carbons (Fsp3) is 0.320. The molecular weight excluding hydrogens is 475 g/mol. The second-order valence-corrected chi connectivity index (χ2v) is 9.25. The first-order chi connectivity index (χ1) is 16.7. The Balaban J connectivity index is 1.54. The number of aromatic nitrogens is 1. The molecule has 2 aromatic carbocycles. The Morgan fingerprint density at radius 2 is 1.97 bits per heavy atom. The molecule has 3 atom stereocenters. The molecule has 0 saturated carbocycles. The van der Waals surface area contributed by atoms with Crippen molar-refractivity contribution in [3.05, 3.63) is 70.6 Å². The van der Waals surface area contributed by atoms with Crippen LogP contribution in [0.1, 0.15) is 30.5 Å². The van der Waals surface area contributed by atoms with E-state index in [4.69, 9.17) is 17.3 Å². The minimum absolute atomic E-state index is 0.0242. The molecule has 4 N–H and O–H groups in total. The number of fused-ring (bicyclic) bond motifs is 1. The number of aliphatic hydroxyl groups is 1. The molecule has 8 nitrogen and oxygen atoms in total. The lowest BCUT2D eigenvalue weighted by Crippen LogP contribution is -2.47. The SMILES string of the molecule is C[C@@H]1C[C@@H](C(=O)N[C@H](CO)c2cccc(Cl)c2F)N(C(=O)Cc2cn(C(N)=O)c3ccccc23)C1. The lowest BCUT2D eigenvalue weighted by molar-refractivity contribution is -0.138. The third-order valence-electron chi connectivity index (χ3n) is 6.36. The number of carbonyl (C=O) groups excluding carboxylic acids is 3. The number of hydrogen-bond donors (Lipinski definition) is 3. The normalized spacial score (nSPS) is 18.6. The number of nitrogens with two attached hydrogens (primary N) is 1. The van der Waals surface area contributed by atoms with Crippen LogP contribution >= 0.6 is 11.6 Å². The Kier molecular flexibility index (Phi) is 7.09. The van der Waals surface area contributed by atoms with Crippen LogP contribution in [0, 0.1) is 11.7 Å². The fourth-order valence-electron chi connectivity index (χ4n) is 4.69. The second kappa shape index (κ2) is 10.1. The Hall–Kier alpha value is -3.43. The molecule has 184 valence electrons. The first kappa shape index (κ1) is 24.7. The van der Waals surface area contributed by atoms with Crippen molar-refractivity contribution in [2.75, 3.05) is 13.2 Å². The molecule has 3 aromatic rings. The van der Waals surface area contributed by atoms with Crippen LogP contribution in [0.2, 0.25) is 5.02 Å². The van der Waals surface area contributed by atoms with Crippen molar-refractivity contribution >= 4 is 40.3 Å². The van der Waals surface area contributed by atoms with Crippen LogP contribution in [0.15, 0.2) is 48.7 Å². The first-order valence-corrected chi connectivity index (χ1v) is 11.6.